The molecular weight excluding hydrogens is 422 g/mol. The average Bonchev–Trinajstić information content (AvgIpc) is 3.55. The number of nitrogens with one attached hydrogen (secondary N) is 1. The molecule has 2 saturated heterocycles. The minimum atomic E-state index is -1.37. The molecule has 4 heterocycles. The number of ether oxygens (including phenoxy) is 1. The maximum absolute atomic E-state index is 13.3. The van der Waals surface area contributed by atoms with E-state index in [1.54, 1.807) is 19.1 Å². The summed E-state index contributed by atoms with van der Waals surface area (Å²) >= 11 is 0. The highest BCUT2D eigenvalue weighted by Crippen LogP contribution is 2.33. The quantitative estimate of drug-likeness (QED) is 0.458. The Kier molecular flexibility index (Phi) is 5.12. The summed E-state index contributed by atoms with van der Waals surface area (Å²) in [7, 11) is 0. The first kappa shape index (κ1) is 21.5. The molecule has 3 amide bonds. The number of urea groups is 1. The van der Waals surface area contributed by atoms with E-state index in [2.05, 4.69) is 9.88 Å². The van der Waals surface area contributed by atoms with Gasteiger partial charge in [0.2, 0.25) is 0 Å². The lowest BCUT2D eigenvalue weighted by atomic mass is 9.98. The number of aryl methyl sites for hydroxylation is 1. The largest absolute Gasteiger partial charge is 0.458 e. The molecule has 2 aliphatic heterocycles. The second-order valence-corrected chi connectivity index (χ2v) is 9.05. The van der Waals surface area contributed by atoms with E-state index < -0.39 is 17.5 Å². The van der Waals surface area contributed by atoms with E-state index in [1.165, 1.54) is 0 Å². The number of benzene rings is 1. The molecule has 172 valence electrons. The summed E-state index contributed by atoms with van der Waals surface area (Å²) in [5.41, 5.74) is 1.55. The lowest BCUT2D eigenvalue weighted by Crippen LogP contribution is -2.41. The summed E-state index contributed by atoms with van der Waals surface area (Å²) in [5.74, 6) is -0.446. The van der Waals surface area contributed by atoms with Crippen molar-refractivity contribution >= 4 is 28.7 Å². The third-order valence-corrected chi connectivity index (χ3v) is 6.78. The van der Waals surface area contributed by atoms with Crippen molar-refractivity contribution in [2.75, 3.05) is 13.2 Å². The van der Waals surface area contributed by atoms with Crippen LogP contribution in [0.15, 0.2) is 40.8 Å². The molecule has 0 radical (unpaired) electrons. The van der Waals surface area contributed by atoms with E-state index in [-0.39, 0.29) is 18.4 Å². The Bertz CT molecular complexity index is 1230. The third-order valence-electron chi connectivity index (χ3n) is 6.78. The fourth-order valence-electron chi connectivity index (χ4n) is 4.82. The molecule has 0 spiro atoms. The lowest BCUT2D eigenvalue weighted by Gasteiger charge is -2.19. The number of ketones is 1. The van der Waals surface area contributed by atoms with Gasteiger partial charge in [-0.25, -0.2) is 4.79 Å². The van der Waals surface area contributed by atoms with Gasteiger partial charge in [0.1, 0.15) is 11.3 Å². The van der Waals surface area contributed by atoms with Crippen LogP contribution in [0.3, 0.4) is 0 Å². The molecule has 2 fully saturated rings. The van der Waals surface area contributed by atoms with Crippen molar-refractivity contribution in [3.05, 3.63) is 59.1 Å². The average molecular weight is 450 g/mol. The van der Waals surface area contributed by atoms with Crippen LogP contribution in [-0.4, -0.2) is 46.4 Å². The molecular formula is C25H27N3O5. The molecule has 33 heavy (non-hydrogen) atoms. The minimum Gasteiger partial charge on any atom is -0.458 e. The molecule has 2 atom stereocenters. The van der Waals surface area contributed by atoms with E-state index >= 15 is 0 Å². The smallest absolute Gasteiger partial charge is 0.325 e. The van der Waals surface area contributed by atoms with Crippen molar-refractivity contribution in [2.24, 2.45) is 0 Å². The van der Waals surface area contributed by atoms with Gasteiger partial charge in [0, 0.05) is 35.5 Å². The number of rotatable bonds is 6. The molecule has 2 aliphatic rings. The van der Waals surface area contributed by atoms with Crippen LogP contribution in [0.5, 0.6) is 0 Å². The number of amides is 3. The zero-order chi connectivity index (χ0) is 23.3. The topological polar surface area (TPSA) is 93.8 Å². The van der Waals surface area contributed by atoms with Gasteiger partial charge in [-0.2, -0.15) is 0 Å². The molecule has 8 nitrogen and oxygen atoms in total. The lowest BCUT2D eigenvalue weighted by molar-refractivity contribution is -0.131. The Balaban J connectivity index is 1.36. The van der Waals surface area contributed by atoms with Crippen LogP contribution in [0.25, 0.3) is 11.0 Å². The molecule has 1 aromatic carbocycles. The van der Waals surface area contributed by atoms with Gasteiger partial charge in [-0.1, -0.05) is 18.2 Å². The highest BCUT2D eigenvalue weighted by Gasteiger charge is 2.51. The number of hydrogen-bond acceptors (Lipinski definition) is 5. The fourth-order valence-corrected chi connectivity index (χ4v) is 4.82. The van der Waals surface area contributed by atoms with Crippen molar-refractivity contribution in [3.63, 3.8) is 0 Å². The summed E-state index contributed by atoms with van der Waals surface area (Å²) in [6.07, 6.45) is 2.20. The number of para-hydroxylation sites is 1. The molecule has 0 unspecified atom stereocenters. The van der Waals surface area contributed by atoms with Gasteiger partial charge < -0.3 is 19.0 Å². The number of carbonyl (C=O) groups is 3. The van der Waals surface area contributed by atoms with Gasteiger partial charge in [-0.3, -0.25) is 14.5 Å². The Morgan fingerprint density at radius 3 is 2.73 bits per heavy atom. The van der Waals surface area contributed by atoms with Gasteiger partial charge in [0.15, 0.2) is 11.3 Å². The van der Waals surface area contributed by atoms with E-state index in [0.29, 0.717) is 23.5 Å². The Morgan fingerprint density at radius 2 is 2.00 bits per heavy atom. The summed E-state index contributed by atoms with van der Waals surface area (Å²) in [5, 5.41) is 3.55. The number of imide groups is 1. The van der Waals surface area contributed by atoms with Crippen molar-refractivity contribution in [2.45, 2.75) is 51.8 Å². The van der Waals surface area contributed by atoms with E-state index in [4.69, 9.17) is 9.15 Å². The van der Waals surface area contributed by atoms with Crippen LogP contribution in [0.2, 0.25) is 0 Å². The summed E-state index contributed by atoms with van der Waals surface area (Å²) < 4.78 is 13.7. The normalized spacial score (nSPS) is 23.0. The molecule has 3 aromatic rings. The standard InChI is InChI=1S/C25H27N3O5/c1-15-11-19(16(2)27(15)13-18-8-6-10-32-18)20(29)14-28-23(30)25(3,26-24(28)31)22-12-17-7-4-5-9-21(17)33-22/h4-5,7,9,11-12,18H,6,8,10,13-14H2,1-3H3,(H,26,31)/t18-,25-/m0/s1. The number of carbonyl (C=O) groups excluding carboxylic acids is 3. The Hall–Kier alpha value is -3.39. The SMILES string of the molecule is Cc1cc(C(=O)CN2C(=O)N[C@@](C)(c3cc4ccccc4o3)C2=O)c(C)n1C[C@@H]1CCCO1. The second-order valence-electron chi connectivity index (χ2n) is 9.05. The van der Waals surface area contributed by atoms with Crippen molar-refractivity contribution in [3.8, 4) is 0 Å². The maximum atomic E-state index is 13.3. The molecule has 0 aliphatic carbocycles. The highest BCUT2D eigenvalue weighted by molar-refractivity contribution is 6.11. The highest BCUT2D eigenvalue weighted by atomic mass is 16.5. The number of furan rings is 1. The van der Waals surface area contributed by atoms with Gasteiger partial charge in [0.25, 0.3) is 5.91 Å². The molecule has 0 bridgehead atoms. The zero-order valence-electron chi connectivity index (χ0n) is 19.0. The number of nitrogens with zero attached hydrogens (tertiary/aromatic N) is 2. The summed E-state index contributed by atoms with van der Waals surface area (Å²) in [6.45, 7) is 6.57. The first-order chi connectivity index (χ1) is 15.8. The van der Waals surface area contributed by atoms with E-state index in [9.17, 15) is 14.4 Å². The summed E-state index contributed by atoms with van der Waals surface area (Å²) in [4.78, 5) is 40.1. The van der Waals surface area contributed by atoms with Crippen LogP contribution in [-0.2, 0) is 21.6 Å². The number of fused-ring (bicyclic) bond motifs is 1. The van der Waals surface area contributed by atoms with Crippen molar-refractivity contribution in [1.82, 2.24) is 14.8 Å². The zero-order valence-corrected chi connectivity index (χ0v) is 19.0. The molecule has 2 aromatic heterocycles. The second kappa shape index (κ2) is 7.88. The van der Waals surface area contributed by atoms with Gasteiger partial charge in [0.05, 0.1) is 12.6 Å². The predicted octanol–water partition coefficient (Wildman–Crippen LogP) is 3.68. The third kappa shape index (κ3) is 3.54. The fraction of sp³-hybridized carbons (Fsp3) is 0.400. The first-order valence-electron chi connectivity index (χ1n) is 11.2. The monoisotopic (exact) mass is 449 g/mol. The predicted molar refractivity (Wildman–Crippen MR) is 121 cm³/mol. The number of aromatic nitrogens is 1. The molecule has 5 rings (SSSR count). The summed E-state index contributed by atoms with van der Waals surface area (Å²) in [6, 6.07) is 10.4. The Morgan fingerprint density at radius 1 is 1.21 bits per heavy atom. The number of hydrogen-bond donors (Lipinski definition) is 1. The molecule has 8 heteroatoms. The molecule has 1 N–H and O–H groups in total. The van der Waals surface area contributed by atoms with Crippen LogP contribution in [0, 0.1) is 13.8 Å². The van der Waals surface area contributed by atoms with Gasteiger partial charge in [-0.15, -0.1) is 0 Å². The van der Waals surface area contributed by atoms with Crippen molar-refractivity contribution in [1.29, 1.82) is 0 Å². The first-order valence-corrected chi connectivity index (χ1v) is 11.2. The van der Waals surface area contributed by atoms with Gasteiger partial charge in [-0.05, 0) is 51.8 Å². The number of Topliss-reactive ketones (excluding diaryl/α,β-unsaturated/α-hetero) is 1. The van der Waals surface area contributed by atoms with Crippen LogP contribution >= 0.6 is 0 Å². The van der Waals surface area contributed by atoms with E-state index in [0.717, 1.165) is 41.1 Å². The Labute approximate surface area is 191 Å². The molecule has 0 saturated carbocycles. The van der Waals surface area contributed by atoms with Crippen LogP contribution in [0.1, 0.15) is 47.3 Å². The van der Waals surface area contributed by atoms with Crippen LogP contribution < -0.4 is 5.32 Å². The van der Waals surface area contributed by atoms with E-state index in [1.807, 2.05) is 38.1 Å². The van der Waals surface area contributed by atoms with Gasteiger partial charge >= 0.3 is 6.03 Å². The minimum absolute atomic E-state index is 0.146. The van der Waals surface area contributed by atoms with Crippen molar-refractivity contribution < 1.29 is 23.5 Å². The van der Waals surface area contributed by atoms with Crippen LogP contribution in [0.4, 0.5) is 4.79 Å². The maximum Gasteiger partial charge on any atom is 0.325 e.